The smallest absolute Gasteiger partial charge is 0.322 e. The van der Waals surface area contributed by atoms with Crippen LogP contribution < -0.4 is 24.6 Å². The number of anilines is 2. The Morgan fingerprint density at radius 3 is 2.68 bits per heavy atom. The topological polar surface area (TPSA) is 71.1 Å². The minimum Gasteiger partial charge on any atom is -0.493 e. The quantitative estimate of drug-likeness (QED) is 0.884. The fraction of sp³-hybridized carbons (Fsp3) is 0.333. The number of hydrogen-bond donors (Lipinski definition) is 1. The van der Waals surface area contributed by atoms with Crippen molar-refractivity contribution < 1.29 is 19.1 Å². The van der Waals surface area contributed by atoms with Crippen molar-refractivity contribution in [2.24, 2.45) is 0 Å². The van der Waals surface area contributed by atoms with E-state index in [2.05, 4.69) is 5.32 Å². The molecule has 0 aliphatic carbocycles. The van der Waals surface area contributed by atoms with E-state index in [-0.39, 0.29) is 24.4 Å². The van der Waals surface area contributed by atoms with Crippen molar-refractivity contribution in [3.05, 3.63) is 48.0 Å². The zero-order valence-corrected chi connectivity index (χ0v) is 16.0. The third-order valence-electron chi connectivity index (χ3n) is 5.26. The maximum Gasteiger partial charge on any atom is 0.322 e. The summed E-state index contributed by atoms with van der Waals surface area (Å²) in [6.45, 7) is 1.08. The fourth-order valence-electron chi connectivity index (χ4n) is 3.85. The number of amides is 3. The monoisotopic (exact) mass is 381 g/mol. The van der Waals surface area contributed by atoms with Gasteiger partial charge in [0.15, 0.2) is 11.5 Å². The molecule has 0 bridgehead atoms. The van der Waals surface area contributed by atoms with E-state index in [4.69, 9.17) is 9.47 Å². The summed E-state index contributed by atoms with van der Waals surface area (Å²) >= 11 is 0. The number of methoxy groups -OCH3 is 2. The van der Waals surface area contributed by atoms with E-state index < -0.39 is 0 Å². The first-order valence-electron chi connectivity index (χ1n) is 9.29. The number of fused-ring (bicyclic) bond motifs is 1. The van der Waals surface area contributed by atoms with Gasteiger partial charge in [0, 0.05) is 37.0 Å². The Balaban J connectivity index is 1.45. The van der Waals surface area contributed by atoms with E-state index in [0.29, 0.717) is 24.6 Å². The van der Waals surface area contributed by atoms with Crippen molar-refractivity contribution >= 4 is 23.3 Å². The van der Waals surface area contributed by atoms with E-state index in [1.54, 1.807) is 36.2 Å². The second kappa shape index (κ2) is 7.42. The van der Waals surface area contributed by atoms with E-state index in [9.17, 15) is 9.59 Å². The highest BCUT2D eigenvalue weighted by atomic mass is 16.5. The number of urea groups is 1. The molecule has 7 nitrogen and oxygen atoms in total. The summed E-state index contributed by atoms with van der Waals surface area (Å²) in [4.78, 5) is 28.7. The zero-order valence-electron chi connectivity index (χ0n) is 16.0. The van der Waals surface area contributed by atoms with Crippen molar-refractivity contribution in [1.82, 2.24) is 5.32 Å². The Morgan fingerprint density at radius 2 is 1.89 bits per heavy atom. The SMILES string of the molecule is COc1ccc(N2C[C@@H](NC(=O)N3CCc4ccccc43)CC2=O)cc1OC. The molecule has 2 aromatic rings. The fourth-order valence-corrected chi connectivity index (χ4v) is 3.85. The molecule has 4 rings (SSSR count). The predicted octanol–water partition coefficient (Wildman–Crippen LogP) is 2.58. The summed E-state index contributed by atoms with van der Waals surface area (Å²) in [6, 6.07) is 12.9. The van der Waals surface area contributed by atoms with Crippen LogP contribution in [0, 0.1) is 0 Å². The molecule has 1 N–H and O–H groups in total. The van der Waals surface area contributed by atoms with Crippen LogP contribution in [0.1, 0.15) is 12.0 Å². The number of nitrogens with zero attached hydrogens (tertiary/aromatic N) is 2. The molecule has 7 heteroatoms. The van der Waals surface area contributed by atoms with Crippen LogP contribution >= 0.6 is 0 Å². The van der Waals surface area contributed by atoms with Crippen LogP contribution in [0.4, 0.5) is 16.2 Å². The Labute approximate surface area is 163 Å². The highest BCUT2D eigenvalue weighted by Crippen LogP contribution is 2.33. The van der Waals surface area contributed by atoms with Crippen LogP contribution in [0.25, 0.3) is 0 Å². The largest absolute Gasteiger partial charge is 0.493 e. The third kappa shape index (κ3) is 3.24. The van der Waals surface area contributed by atoms with Gasteiger partial charge >= 0.3 is 6.03 Å². The van der Waals surface area contributed by atoms with Crippen LogP contribution in [0.15, 0.2) is 42.5 Å². The molecule has 0 aromatic heterocycles. The molecule has 0 radical (unpaired) electrons. The van der Waals surface area contributed by atoms with Gasteiger partial charge in [-0.3, -0.25) is 9.69 Å². The van der Waals surface area contributed by atoms with Crippen molar-refractivity contribution in [3.63, 3.8) is 0 Å². The number of rotatable bonds is 4. The summed E-state index contributed by atoms with van der Waals surface area (Å²) in [5, 5.41) is 3.01. The lowest BCUT2D eigenvalue weighted by Crippen LogP contribution is -2.45. The predicted molar refractivity (Wildman–Crippen MR) is 106 cm³/mol. The van der Waals surface area contributed by atoms with Gasteiger partial charge in [-0.15, -0.1) is 0 Å². The lowest BCUT2D eigenvalue weighted by Gasteiger charge is -2.22. The molecular weight excluding hydrogens is 358 g/mol. The average Bonchev–Trinajstić information content (AvgIpc) is 3.30. The van der Waals surface area contributed by atoms with Gasteiger partial charge in [-0.1, -0.05) is 18.2 Å². The number of benzene rings is 2. The molecule has 1 atom stereocenters. The Morgan fingerprint density at radius 1 is 1.11 bits per heavy atom. The highest BCUT2D eigenvalue weighted by molar-refractivity contribution is 5.99. The number of carbonyl (C=O) groups excluding carboxylic acids is 2. The third-order valence-corrected chi connectivity index (χ3v) is 5.26. The number of hydrogen-bond acceptors (Lipinski definition) is 4. The summed E-state index contributed by atoms with van der Waals surface area (Å²) in [7, 11) is 3.13. The lowest BCUT2D eigenvalue weighted by molar-refractivity contribution is -0.117. The van der Waals surface area contributed by atoms with Crippen LogP contribution in [0.3, 0.4) is 0 Å². The molecule has 3 amide bonds. The second-order valence-electron chi connectivity index (χ2n) is 6.92. The van der Waals surface area contributed by atoms with Crippen LogP contribution in [-0.4, -0.2) is 45.3 Å². The van der Waals surface area contributed by atoms with Crippen molar-refractivity contribution in [1.29, 1.82) is 0 Å². The Hall–Kier alpha value is -3.22. The summed E-state index contributed by atoms with van der Waals surface area (Å²) in [5.74, 6) is 1.14. The minimum atomic E-state index is -0.235. The molecule has 0 spiro atoms. The first kappa shape index (κ1) is 18.2. The molecule has 28 heavy (non-hydrogen) atoms. The lowest BCUT2D eigenvalue weighted by atomic mass is 10.2. The summed E-state index contributed by atoms with van der Waals surface area (Å²) in [6.07, 6.45) is 1.13. The minimum absolute atomic E-state index is 0.0284. The van der Waals surface area contributed by atoms with E-state index in [1.807, 2.05) is 30.3 Å². The number of carbonyl (C=O) groups is 2. The molecule has 1 fully saturated rings. The molecule has 146 valence electrons. The van der Waals surface area contributed by atoms with Crippen LogP contribution in [0.5, 0.6) is 11.5 Å². The van der Waals surface area contributed by atoms with Crippen LogP contribution in [-0.2, 0) is 11.2 Å². The zero-order chi connectivity index (χ0) is 19.7. The molecule has 2 aliphatic rings. The Kier molecular flexibility index (Phi) is 4.81. The molecule has 0 unspecified atom stereocenters. The molecule has 0 saturated carbocycles. The van der Waals surface area contributed by atoms with Crippen molar-refractivity contribution in [3.8, 4) is 11.5 Å². The van der Waals surface area contributed by atoms with Gasteiger partial charge in [-0.2, -0.15) is 0 Å². The molecular formula is C21H23N3O4. The molecule has 2 aromatic carbocycles. The van der Waals surface area contributed by atoms with E-state index in [0.717, 1.165) is 17.8 Å². The normalized spacial score (nSPS) is 18.2. The van der Waals surface area contributed by atoms with Gasteiger partial charge in [-0.05, 0) is 30.2 Å². The van der Waals surface area contributed by atoms with Crippen molar-refractivity contribution in [2.45, 2.75) is 18.9 Å². The van der Waals surface area contributed by atoms with Crippen LogP contribution in [0.2, 0.25) is 0 Å². The summed E-state index contributed by atoms with van der Waals surface area (Å²) in [5.41, 5.74) is 2.85. The first-order valence-corrected chi connectivity index (χ1v) is 9.29. The maximum absolute atomic E-state index is 12.7. The first-order chi connectivity index (χ1) is 13.6. The van der Waals surface area contributed by atoms with Crippen molar-refractivity contribution in [2.75, 3.05) is 37.1 Å². The van der Waals surface area contributed by atoms with Gasteiger partial charge in [0.05, 0.1) is 20.3 Å². The van der Waals surface area contributed by atoms with E-state index >= 15 is 0 Å². The number of para-hydroxylation sites is 1. The van der Waals surface area contributed by atoms with Gasteiger partial charge in [0.1, 0.15) is 0 Å². The number of nitrogens with one attached hydrogen (secondary N) is 1. The number of ether oxygens (including phenoxy) is 2. The van der Waals surface area contributed by atoms with Gasteiger partial charge in [-0.25, -0.2) is 4.79 Å². The average molecular weight is 381 g/mol. The van der Waals surface area contributed by atoms with E-state index in [1.165, 1.54) is 5.56 Å². The second-order valence-corrected chi connectivity index (χ2v) is 6.92. The molecule has 2 aliphatic heterocycles. The van der Waals surface area contributed by atoms with Gasteiger partial charge in [0.2, 0.25) is 5.91 Å². The van der Waals surface area contributed by atoms with Gasteiger partial charge < -0.3 is 19.7 Å². The molecule has 2 heterocycles. The Bertz CT molecular complexity index is 914. The standard InChI is InChI=1S/C21H23N3O4/c1-27-18-8-7-16(12-19(18)28-2)24-13-15(11-20(24)25)22-21(26)23-10-9-14-5-3-4-6-17(14)23/h3-8,12,15H,9-11,13H2,1-2H3,(H,22,26)/t15-/m0/s1. The summed E-state index contributed by atoms with van der Waals surface area (Å²) < 4.78 is 10.6. The van der Waals surface area contributed by atoms with Gasteiger partial charge in [0.25, 0.3) is 0 Å². The maximum atomic E-state index is 12.7. The molecule has 1 saturated heterocycles. The highest BCUT2D eigenvalue weighted by Gasteiger charge is 2.34.